The molecular formula is C18H26N4O. The number of nitrogens with zero attached hydrogens (tertiary/aromatic N) is 3. The van der Waals surface area contributed by atoms with Gasteiger partial charge in [-0.25, -0.2) is 0 Å². The van der Waals surface area contributed by atoms with Crippen molar-refractivity contribution in [2.45, 2.75) is 38.6 Å². The molecule has 1 unspecified atom stereocenters. The number of aromatic nitrogens is 2. The van der Waals surface area contributed by atoms with E-state index in [1.165, 1.54) is 5.56 Å². The zero-order valence-corrected chi connectivity index (χ0v) is 14.1. The Hall–Kier alpha value is -1.72. The van der Waals surface area contributed by atoms with Crippen LogP contribution in [0.25, 0.3) is 0 Å². The van der Waals surface area contributed by atoms with Gasteiger partial charge < -0.3 is 10.3 Å². The summed E-state index contributed by atoms with van der Waals surface area (Å²) in [6.07, 6.45) is 0. The quantitative estimate of drug-likeness (QED) is 0.919. The van der Waals surface area contributed by atoms with Gasteiger partial charge in [-0.15, -0.1) is 0 Å². The molecule has 0 radical (unpaired) electrons. The van der Waals surface area contributed by atoms with E-state index in [1.807, 2.05) is 0 Å². The molecule has 1 aliphatic rings. The van der Waals surface area contributed by atoms with Gasteiger partial charge in [-0.2, -0.15) is 4.98 Å². The zero-order valence-electron chi connectivity index (χ0n) is 14.1. The number of nitrogens with two attached hydrogens (primary N) is 1. The number of hydrogen-bond donors (Lipinski definition) is 1. The van der Waals surface area contributed by atoms with Gasteiger partial charge in [0.15, 0.2) is 5.82 Å². The van der Waals surface area contributed by atoms with Crippen molar-refractivity contribution in [3.05, 3.63) is 47.6 Å². The lowest BCUT2D eigenvalue weighted by atomic mass is 9.89. The maximum absolute atomic E-state index is 6.03. The molecule has 1 aromatic carbocycles. The molecule has 5 heteroatoms. The molecule has 23 heavy (non-hydrogen) atoms. The summed E-state index contributed by atoms with van der Waals surface area (Å²) in [5, 5.41) is 4.09. The third kappa shape index (κ3) is 3.31. The maximum Gasteiger partial charge on any atom is 0.243 e. The van der Waals surface area contributed by atoms with E-state index in [0.29, 0.717) is 24.3 Å². The summed E-state index contributed by atoms with van der Waals surface area (Å²) >= 11 is 0. The first kappa shape index (κ1) is 16.1. The maximum atomic E-state index is 6.03. The Balaban J connectivity index is 1.76. The minimum Gasteiger partial charge on any atom is -0.338 e. The van der Waals surface area contributed by atoms with Gasteiger partial charge in [0.1, 0.15) is 0 Å². The summed E-state index contributed by atoms with van der Waals surface area (Å²) in [5.74, 6) is 2.70. The lowest BCUT2D eigenvalue weighted by Gasteiger charge is -2.21. The predicted octanol–water partition coefficient (Wildman–Crippen LogP) is 2.93. The highest BCUT2D eigenvalue weighted by Gasteiger charge is 2.36. The highest BCUT2D eigenvalue weighted by Crippen LogP contribution is 2.36. The van der Waals surface area contributed by atoms with Crippen LogP contribution >= 0.6 is 0 Å². The molecule has 1 aromatic heterocycles. The van der Waals surface area contributed by atoms with Crippen LogP contribution in [0.4, 0.5) is 0 Å². The summed E-state index contributed by atoms with van der Waals surface area (Å²) in [4.78, 5) is 6.96. The Labute approximate surface area is 137 Å². The topological polar surface area (TPSA) is 68.2 Å². The van der Waals surface area contributed by atoms with Crippen LogP contribution in [0.15, 0.2) is 34.9 Å². The Morgan fingerprint density at radius 2 is 1.96 bits per heavy atom. The molecule has 2 aromatic rings. The molecule has 1 saturated heterocycles. The van der Waals surface area contributed by atoms with E-state index in [-0.39, 0.29) is 12.0 Å². The van der Waals surface area contributed by atoms with Gasteiger partial charge in [0, 0.05) is 24.9 Å². The second-order valence-electron chi connectivity index (χ2n) is 6.79. The van der Waals surface area contributed by atoms with E-state index in [2.05, 4.69) is 66.1 Å². The van der Waals surface area contributed by atoms with Crippen LogP contribution in [0.3, 0.4) is 0 Å². The molecule has 2 heterocycles. The van der Waals surface area contributed by atoms with E-state index in [1.54, 1.807) is 0 Å². The number of likely N-dealkylation sites (tertiary alicyclic amines) is 1. The fourth-order valence-corrected chi connectivity index (χ4v) is 3.35. The average molecular weight is 314 g/mol. The number of rotatable bonds is 5. The van der Waals surface area contributed by atoms with Crippen molar-refractivity contribution in [2.75, 3.05) is 19.6 Å². The van der Waals surface area contributed by atoms with E-state index < -0.39 is 0 Å². The lowest BCUT2D eigenvalue weighted by molar-refractivity contribution is 0.202. The summed E-state index contributed by atoms with van der Waals surface area (Å²) in [6.45, 7) is 8.93. The first-order valence-electron chi connectivity index (χ1n) is 8.42. The van der Waals surface area contributed by atoms with Crippen LogP contribution in [-0.2, 0) is 0 Å². The van der Waals surface area contributed by atoms with Crippen LogP contribution in [0.2, 0.25) is 0 Å². The van der Waals surface area contributed by atoms with Gasteiger partial charge in [-0.3, -0.25) is 4.90 Å². The summed E-state index contributed by atoms with van der Waals surface area (Å²) in [5.41, 5.74) is 7.40. The van der Waals surface area contributed by atoms with Gasteiger partial charge >= 0.3 is 0 Å². The molecule has 0 bridgehead atoms. The monoisotopic (exact) mass is 314 g/mol. The third-order valence-electron chi connectivity index (χ3n) is 4.88. The molecule has 3 rings (SSSR count). The van der Waals surface area contributed by atoms with Crippen molar-refractivity contribution >= 4 is 0 Å². The van der Waals surface area contributed by atoms with Crippen molar-refractivity contribution in [1.82, 2.24) is 15.0 Å². The SMILES string of the molecule is CC(C)c1noc(C(C)N2C[C@@H](CN)[C@H](c3ccccc3)C2)n1. The molecule has 3 atom stereocenters. The molecule has 1 aliphatic heterocycles. The molecule has 2 N–H and O–H groups in total. The van der Waals surface area contributed by atoms with Crippen LogP contribution in [0.5, 0.6) is 0 Å². The Bertz CT molecular complexity index is 625. The van der Waals surface area contributed by atoms with Crippen LogP contribution in [0.1, 0.15) is 55.9 Å². The van der Waals surface area contributed by atoms with Crippen LogP contribution in [0, 0.1) is 5.92 Å². The van der Waals surface area contributed by atoms with Crippen molar-refractivity contribution in [1.29, 1.82) is 0 Å². The first-order chi connectivity index (χ1) is 11.1. The fourth-order valence-electron chi connectivity index (χ4n) is 3.35. The zero-order chi connectivity index (χ0) is 16.4. The Morgan fingerprint density at radius 1 is 1.22 bits per heavy atom. The molecule has 5 nitrogen and oxygen atoms in total. The smallest absolute Gasteiger partial charge is 0.243 e. The molecule has 0 aliphatic carbocycles. The molecule has 1 fully saturated rings. The third-order valence-corrected chi connectivity index (χ3v) is 4.88. The summed E-state index contributed by atoms with van der Waals surface area (Å²) < 4.78 is 5.48. The fraction of sp³-hybridized carbons (Fsp3) is 0.556. The molecular weight excluding hydrogens is 288 g/mol. The lowest BCUT2D eigenvalue weighted by Crippen LogP contribution is -2.26. The van der Waals surface area contributed by atoms with Gasteiger partial charge in [0.2, 0.25) is 5.89 Å². The van der Waals surface area contributed by atoms with Crippen molar-refractivity contribution in [3.63, 3.8) is 0 Å². The van der Waals surface area contributed by atoms with Gasteiger partial charge in [0.05, 0.1) is 6.04 Å². The molecule has 124 valence electrons. The van der Waals surface area contributed by atoms with E-state index in [9.17, 15) is 0 Å². The number of benzene rings is 1. The van der Waals surface area contributed by atoms with Gasteiger partial charge in [-0.1, -0.05) is 49.3 Å². The largest absolute Gasteiger partial charge is 0.338 e. The van der Waals surface area contributed by atoms with Crippen molar-refractivity contribution in [2.24, 2.45) is 11.7 Å². The van der Waals surface area contributed by atoms with Gasteiger partial charge in [-0.05, 0) is 24.9 Å². The second-order valence-corrected chi connectivity index (χ2v) is 6.79. The normalized spacial score (nSPS) is 23.5. The van der Waals surface area contributed by atoms with E-state index in [0.717, 1.165) is 18.9 Å². The van der Waals surface area contributed by atoms with Crippen LogP contribution in [-0.4, -0.2) is 34.7 Å². The standard InChI is InChI=1S/C18H26N4O/c1-12(2)17-20-18(23-21-17)13(3)22-10-15(9-19)16(11-22)14-7-5-4-6-8-14/h4-8,12-13,15-16H,9-11,19H2,1-3H3/t13?,15-,16+/m1/s1. The van der Waals surface area contributed by atoms with E-state index in [4.69, 9.17) is 10.3 Å². The van der Waals surface area contributed by atoms with Crippen LogP contribution < -0.4 is 5.73 Å². The minimum atomic E-state index is 0.123. The predicted molar refractivity (Wildman–Crippen MR) is 90.1 cm³/mol. The average Bonchev–Trinajstić information content (AvgIpc) is 3.22. The molecule has 0 amide bonds. The Morgan fingerprint density at radius 3 is 2.57 bits per heavy atom. The summed E-state index contributed by atoms with van der Waals surface area (Å²) in [7, 11) is 0. The second kappa shape index (κ2) is 6.81. The highest BCUT2D eigenvalue weighted by atomic mass is 16.5. The van der Waals surface area contributed by atoms with Gasteiger partial charge in [0.25, 0.3) is 0 Å². The minimum absolute atomic E-state index is 0.123. The van der Waals surface area contributed by atoms with Crippen molar-refractivity contribution in [3.8, 4) is 0 Å². The van der Waals surface area contributed by atoms with Crippen molar-refractivity contribution < 1.29 is 4.52 Å². The number of hydrogen-bond acceptors (Lipinski definition) is 5. The molecule has 0 saturated carbocycles. The highest BCUT2D eigenvalue weighted by molar-refractivity contribution is 5.23. The van der Waals surface area contributed by atoms with E-state index >= 15 is 0 Å². The summed E-state index contributed by atoms with van der Waals surface area (Å²) in [6, 6.07) is 10.8. The molecule has 0 spiro atoms. The Kier molecular flexibility index (Phi) is 4.78. The first-order valence-corrected chi connectivity index (χ1v) is 8.42.